The van der Waals surface area contributed by atoms with E-state index in [1.807, 2.05) is 61.5 Å². The Morgan fingerprint density at radius 1 is 0.944 bits per heavy atom. The minimum Gasteiger partial charge on any atom is -0.385 e. The third-order valence-corrected chi connectivity index (χ3v) is 3.18. The summed E-state index contributed by atoms with van der Waals surface area (Å²) in [5.41, 5.74) is 2.96. The molecule has 0 aliphatic rings. The topological polar surface area (TPSA) is 29.5 Å². The first-order valence-electron chi connectivity index (χ1n) is 6.05. The van der Waals surface area contributed by atoms with Crippen LogP contribution in [0.25, 0.3) is 0 Å². The van der Waals surface area contributed by atoms with Crippen LogP contribution in [0.3, 0.4) is 0 Å². The van der Waals surface area contributed by atoms with E-state index in [1.54, 1.807) is 7.11 Å². The molecule has 0 bridgehead atoms. The summed E-state index contributed by atoms with van der Waals surface area (Å²) < 4.78 is 5.46. The van der Waals surface area contributed by atoms with Gasteiger partial charge < -0.3 is 9.84 Å². The molecule has 0 fully saturated rings. The minimum atomic E-state index is -0.654. The fourth-order valence-corrected chi connectivity index (χ4v) is 2.17. The zero-order valence-electron chi connectivity index (χ0n) is 10.7. The molecule has 0 spiro atoms. The number of aliphatic hydroxyl groups is 1. The maximum Gasteiger partial charge on any atom is 0.112 e. The largest absolute Gasteiger partial charge is 0.385 e. The van der Waals surface area contributed by atoms with E-state index in [1.165, 1.54) is 0 Å². The SMILES string of the molecule is COC(c1ccccc1)C(O)c1ccccc1C. The zero-order chi connectivity index (χ0) is 13.0. The summed E-state index contributed by atoms with van der Waals surface area (Å²) in [5.74, 6) is 0. The molecular formula is C16H18O2. The summed E-state index contributed by atoms with van der Waals surface area (Å²) in [6.07, 6.45) is -0.995. The molecule has 0 heterocycles. The molecule has 2 nitrogen and oxygen atoms in total. The lowest BCUT2D eigenvalue weighted by molar-refractivity contribution is -0.0152. The Morgan fingerprint density at radius 3 is 2.17 bits per heavy atom. The maximum atomic E-state index is 10.5. The lowest BCUT2D eigenvalue weighted by atomic mass is 9.95. The summed E-state index contributed by atoms with van der Waals surface area (Å²) in [4.78, 5) is 0. The number of aryl methyl sites for hydroxylation is 1. The lowest BCUT2D eigenvalue weighted by Gasteiger charge is -2.23. The monoisotopic (exact) mass is 242 g/mol. The van der Waals surface area contributed by atoms with Gasteiger partial charge in [0.1, 0.15) is 12.2 Å². The summed E-state index contributed by atoms with van der Waals surface area (Å²) in [6.45, 7) is 2.00. The number of ether oxygens (including phenoxy) is 1. The number of benzene rings is 2. The average Bonchev–Trinajstić information content (AvgIpc) is 2.41. The van der Waals surface area contributed by atoms with Crippen LogP contribution in [0.1, 0.15) is 28.9 Å². The molecule has 94 valence electrons. The molecule has 0 amide bonds. The Morgan fingerprint density at radius 2 is 1.56 bits per heavy atom. The van der Waals surface area contributed by atoms with Crippen LogP contribution in [0.5, 0.6) is 0 Å². The smallest absolute Gasteiger partial charge is 0.112 e. The molecule has 1 N–H and O–H groups in total. The van der Waals surface area contributed by atoms with Gasteiger partial charge in [-0.3, -0.25) is 0 Å². The Kier molecular flexibility index (Phi) is 4.13. The van der Waals surface area contributed by atoms with E-state index in [4.69, 9.17) is 4.74 Å². The van der Waals surface area contributed by atoms with Gasteiger partial charge in [0.2, 0.25) is 0 Å². The van der Waals surface area contributed by atoms with Gasteiger partial charge in [-0.05, 0) is 23.6 Å². The molecule has 0 aliphatic carbocycles. The highest BCUT2D eigenvalue weighted by atomic mass is 16.5. The van der Waals surface area contributed by atoms with Gasteiger partial charge in [-0.1, -0.05) is 54.6 Å². The second kappa shape index (κ2) is 5.80. The third kappa shape index (κ3) is 2.61. The molecule has 0 aromatic heterocycles. The van der Waals surface area contributed by atoms with Gasteiger partial charge in [0.15, 0.2) is 0 Å². The molecule has 2 rings (SSSR count). The van der Waals surface area contributed by atoms with Gasteiger partial charge in [-0.15, -0.1) is 0 Å². The van der Waals surface area contributed by atoms with Gasteiger partial charge in [-0.25, -0.2) is 0 Å². The van der Waals surface area contributed by atoms with E-state index in [2.05, 4.69) is 0 Å². The van der Waals surface area contributed by atoms with Crippen molar-refractivity contribution in [2.75, 3.05) is 7.11 Å². The van der Waals surface area contributed by atoms with E-state index < -0.39 is 6.10 Å². The fourth-order valence-electron chi connectivity index (χ4n) is 2.17. The Bertz CT molecular complexity index is 493. The number of aliphatic hydroxyl groups excluding tert-OH is 1. The first kappa shape index (κ1) is 12.8. The molecule has 0 saturated heterocycles. The van der Waals surface area contributed by atoms with Crippen LogP contribution in [0.15, 0.2) is 54.6 Å². The molecule has 0 aliphatic heterocycles. The third-order valence-electron chi connectivity index (χ3n) is 3.18. The molecule has 0 saturated carbocycles. The molecule has 2 unspecified atom stereocenters. The minimum absolute atomic E-state index is 0.340. The van der Waals surface area contributed by atoms with E-state index in [-0.39, 0.29) is 6.10 Å². The van der Waals surface area contributed by atoms with E-state index in [0.29, 0.717) is 0 Å². The normalized spacial score (nSPS) is 14.2. The highest BCUT2D eigenvalue weighted by Crippen LogP contribution is 2.32. The first-order valence-corrected chi connectivity index (χ1v) is 6.05. The molecule has 2 heteroatoms. The molecule has 18 heavy (non-hydrogen) atoms. The molecule has 2 aromatic carbocycles. The van der Waals surface area contributed by atoms with Crippen LogP contribution < -0.4 is 0 Å². The molecule has 2 atom stereocenters. The van der Waals surface area contributed by atoms with Crippen molar-refractivity contribution in [1.82, 2.24) is 0 Å². The Balaban J connectivity index is 2.32. The van der Waals surface area contributed by atoms with E-state index in [9.17, 15) is 5.11 Å². The average molecular weight is 242 g/mol. The lowest BCUT2D eigenvalue weighted by Crippen LogP contribution is -2.13. The maximum absolute atomic E-state index is 10.5. The van der Waals surface area contributed by atoms with Crippen LogP contribution in [-0.4, -0.2) is 12.2 Å². The highest BCUT2D eigenvalue weighted by molar-refractivity contribution is 5.31. The van der Waals surface area contributed by atoms with Crippen LogP contribution >= 0.6 is 0 Å². The van der Waals surface area contributed by atoms with Crippen molar-refractivity contribution in [1.29, 1.82) is 0 Å². The molecule has 2 aromatic rings. The van der Waals surface area contributed by atoms with Gasteiger partial charge in [0.05, 0.1) is 0 Å². The van der Waals surface area contributed by atoms with Crippen LogP contribution in [0.4, 0.5) is 0 Å². The second-order valence-electron chi connectivity index (χ2n) is 4.37. The van der Waals surface area contributed by atoms with Gasteiger partial charge in [0.25, 0.3) is 0 Å². The summed E-state index contributed by atoms with van der Waals surface area (Å²) in [6, 6.07) is 17.6. The van der Waals surface area contributed by atoms with Crippen molar-refractivity contribution >= 4 is 0 Å². The fraction of sp³-hybridized carbons (Fsp3) is 0.250. The van der Waals surface area contributed by atoms with E-state index >= 15 is 0 Å². The van der Waals surface area contributed by atoms with E-state index in [0.717, 1.165) is 16.7 Å². The number of methoxy groups -OCH3 is 1. The van der Waals surface area contributed by atoms with Crippen molar-refractivity contribution in [3.63, 3.8) is 0 Å². The van der Waals surface area contributed by atoms with Crippen molar-refractivity contribution in [2.45, 2.75) is 19.1 Å². The van der Waals surface area contributed by atoms with Crippen LogP contribution in [0, 0.1) is 6.92 Å². The van der Waals surface area contributed by atoms with Crippen molar-refractivity contribution in [2.24, 2.45) is 0 Å². The van der Waals surface area contributed by atoms with Crippen molar-refractivity contribution < 1.29 is 9.84 Å². The number of rotatable bonds is 4. The van der Waals surface area contributed by atoms with Crippen molar-refractivity contribution in [3.05, 3.63) is 71.3 Å². The Labute approximate surface area is 108 Å². The van der Waals surface area contributed by atoms with Gasteiger partial charge in [-0.2, -0.15) is 0 Å². The summed E-state index contributed by atoms with van der Waals surface area (Å²) in [7, 11) is 1.62. The predicted octanol–water partition coefficient (Wildman–Crippen LogP) is 3.42. The highest BCUT2D eigenvalue weighted by Gasteiger charge is 2.23. The molecule has 0 radical (unpaired) electrons. The zero-order valence-corrected chi connectivity index (χ0v) is 10.7. The summed E-state index contributed by atoms with van der Waals surface area (Å²) in [5, 5.41) is 10.5. The van der Waals surface area contributed by atoms with Crippen LogP contribution in [0.2, 0.25) is 0 Å². The predicted molar refractivity (Wildman–Crippen MR) is 72.3 cm³/mol. The molecular weight excluding hydrogens is 224 g/mol. The standard InChI is InChI=1S/C16H18O2/c1-12-8-6-7-11-14(12)15(17)16(18-2)13-9-4-3-5-10-13/h3-11,15-17H,1-2H3. The summed E-state index contributed by atoms with van der Waals surface area (Å²) >= 11 is 0. The number of hydrogen-bond donors (Lipinski definition) is 1. The first-order chi connectivity index (χ1) is 8.74. The van der Waals surface area contributed by atoms with Crippen molar-refractivity contribution in [3.8, 4) is 0 Å². The van der Waals surface area contributed by atoms with Gasteiger partial charge >= 0.3 is 0 Å². The second-order valence-corrected chi connectivity index (χ2v) is 4.37. The quantitative estimate of drug-likeness (QED) is 0.890. The Hall–Kier alpha value is -1.64. The number of hydrogen-bond acceptors (Lipinski definition) is 2. The van der Waals surface area contributed by atoms with Gasteiger partial charge in [0, 0.05) is 7.11 Å². The van der Waals surface area contributed by atoms with Crippen LogP contribution in [-0.2, 0) is 4.74 Å².